The van der Waals surface area contributed by atoms with Crippen molar-refractivity contribution >= 4 is 0 Å². The summed E-state index contributed by atoms with van der Waals surface area (Å²) in [7, 11) is 0. The Hall–Kier alpha value is -1.06. The molecular formula is C11H15NO2. The molecule has 14 heavy (non-hydrogen) atoms. The quantitative estimate of drug-likeness (QED) is 0.785. The molecule has 1 aromatic carbocycles. The van der Waals surface area contributed by atoms with E-state index < -0.39 is 0 Å². The first-order chi connectivity index (χ1) is 6.79. The van der Waals surface area contributed by atoms with Gasteiger partial charge in [-0.25, -0.2) is 0 Å². The zero-order valence-corrected chi connectivity index (χ0v) is 8.32. The second kappa shape index (κ2) is 3.98. The van der Waals surface area contributed by atoms with Crippen LogP contribution in [-0.2, 0) is 11.3 Å². The van der Waals surface area contributed by atoms with Gasteiger partial charge in [-0.15, -0.1) is 0 Å². The number of ether oxygens (including phenoxy) is 2. The van der Waals surface area contributed by atoms with Crippen molar-refractivity contribution in [3.05, 3.63) is 29.3 Å². The molecule has 0 unspecified atom stereocenters. The minimum atomic E-state index is 0.234. The maximum atomic E-state index is 5.66. The van der Waals surface area contributed by atoms with E-state index >= 15 is 0 Å². The molecule has 1 aromatic rings. The van der Waals surface area contributed by atoms with E-state index in [2.05, 4.69) is 0 Å². The number of nitrogens with two attached hydrogens (primary N) is 1. The second-order valence-electron chi connectivity index (χ2n) is 3.57. The van der Waals surface area contributed by atoms with Crippen LogP contribution in [0.3, 0.4) is 0 Å². The highest BCUT2D eigenvalue weighted by molar-refractivity contribution is 5.34. The van der Waals surface area contributed by atoms with Crippen molar-refractivity contribution in [3.63, 3.8) is 0 Å². The molecule has 0 bridgehead atoms. The number of rotatable bonds is 3. The zero-order valence-electron chi connectivity index (χ0n) is 8.32. The lowest BCUT2D eigenvalue weighted by Crippen LogP contribution is -2.38. The van der Waals surface area contributed by atoms with Crippen LogP contribution in [0.4, 0.5) is 0 Å². The van der Waals surface area contributed by atoms with Crippen molar-refractivity contribution < 1.29 is 9.47 Å². The molecule has 1 aliphatic heterocycles. The molecule has 0 radical (unpaired) electrons. The third-order valence-corrected chi connectivity index (χ3v) is 2.44. The molecule has 76 valence electrons. The number of hydrogen-bond donors (Lipinski definition) is 1. The fourth-order valence-corrected chi connectivity index (χ4v) is 1.45. The molecule has 1 fully saturated rings. The molecule has 1 saturated heterocycles. The lowest BCUT2D eigenvalue weighted by Gasteiger charge is -2.27. The maximum Gasteiger partial charge on any atom is 0.145 e. The summed E-state index contributed by atoms with van der Waals surface area (Å²) in [6.45, 7) is 4.04. The normalized spacial score (nSPS) is 16.4. The minimum Gasteiger partial charge on any atom is -0.486 e. The van der Waals surface area contributed by atoms with Gasteiger partial charge in [-0.2, -0.15) is 0 Å². The SMILES string of the molecule is Cc1cc(OC2COC2)ccc1CN. The van der Waals surface area contributed by atoms with Gasteiger partial charge in [0.15, 0.2) is 0 Å². The maximum absolute atomic E-state index is 5.66. The Balaban J connectivity index is 2.07. The van der Waals surface area contributed by atoms with Crippen LogP contribution in [-0.4, -0.2) is 19.3 Å². The molecule has 3 heteroatoms. The average Bonchev–Trinajstić information content (AvgIpc) is 2.12. The first-order valence-electron chi connectivity index (χ1n) is 4.83. The van der Waals surface area contributed by atoms with Crippen LogP contribution in [0.1, 0.15) is 11.1 Å². The van der Waals surface area contributed by atoms with Crippen LogP contribution >= 0.6 is 0 Å². The van der Waals surface area contributed by atoms with E-state index in [1.807, 2.05) is 25.1 Å². The van der Waals surface area contributed by atoms with Crippen LogP contribution in [0.25, 0.3) is 0 Å². The van der Waals surface area contributed by atoms with E-state index in [1.54, 1.807) is 0 Å². The summed E-state index contributed by atoms with van der Waals surface area (Å²) in [5, 5.41) is 0. The van der Waals surface area contributed by atoms with Gasteiger partial charge in [-0.3, -0.25) is 0 Å². The Morgan fingerprint density at radius 3 is 2.79 bits per heavy atom. The lowest BCUT2D eigenvalue weighted by molar-refractivity contribution is -0.0797. The standard InChI is InChI=1S/C11H15NO2/c1-8-4-10(3-2-9(8)5-12)14-11-6-13-7-11/h2-4,11H,5-7,12H2,1H3. The van der Waals surface area contributed by atoms with Crippen LogP contribution < -0.4 is 10.5 Å². The Bertz CT molecular complexity index is 321. The molecular weight excluding hydrogens is 178 g/mol. The van der Waals surface area contributed by atoms with Crippen molar-refractivity contribution in [1.82, 2.24) is 0 Å². The summed E-state index contributed by atoms with van der Waals surface area (Å²) < 4.78 is 10.7. The van der Waals surface area contributed by atoms with E-state index in [0.29, 0.717) is 19.8 Å². The Morgan fingerprint density at radius 2 is 2.29 bits per heavy atom. The Kier molecular flexibility index (Phi) is 2.70. The average molecular weight is 193 g/mol. The van der Waals surface area contributed by atoms with Crippen molar-refractivity contribution in [3.8, 4) is 5.75 Å². The molecule has 2 N–H and O–H groups in total. The number of aryl methyl sites for hydroxylation is 1. The minimum absolute atomic E-state index is 0.234. The summed E-state index contributed by atoms with van der Waals surface area (Å²) in [5.41, 5.74) is 7.93. The third kappa shape index (κ3) is 1.89. The first-order valence-corrected chi connectivity index (χ1v) is 4.83. The molecule has 0 spiro atoms. The van der Waals surface area contributed by atoms with Crippen LogP contribution in [0.5, 0.6) is 5.75 Å². The molecule has 0 aromatic heterocycles. The summed E-state index contributed by atoms with van der Waals surface area (Å²) in [6, 6.07) is 6.01. The van der Waals surface area contributed by atoms with Crippen molar-refractivity contribution in [1.29, 1.82) is 0 Å². The Labute approximate surface area is 83.8 Å². The second-order valence-corrected chi connectivity index (χ2v) is 3.57. The van der Waals surface area contributed by atoms with Crippen LogP contribution in [0.2, 0.25) is 0 Å². The van der Waals surface area contributed by atoms with Crippen LogP contribution in [0.15, 0.2) is 18.2 Å². The molecule has 1 heterocycles. The van der Waals surface area contributed by atoms with Crippen LogP contribution in [0, 0.1) is 6.92 Å². The molecule has 2 rings (SSSR count). The molecule has 0 amide bonds. The van der Waals surface area contributed by atoms with Gasteiger partial charge >= 0.3 is 0 Å². The van der Waals surface area contributed by atoms with Crippen molar-refractivity contribution in [2.45, 2.75) is 19.6 Å². The monoisotopic (exact) mass is 193 g/mol. The predicted molar refractivity (Wildman–Crippen MR) is 54.3 cm³/mol. The van der Waals surface area contributed by atoms with Crippen molar-refractivity contribution in [2.24, 2.45) is 5.73 Å². The highest BCUT2D eigenvalue weighted by Gasteiger charge is 2.19. The molecule has 0 aliphatic carbocycles. The number of benzene rings is 1. The fraction of sp³-hybridized carbons (Fsp3) is 0.455. The van der Waals surface area contributed by atoms with E-state index in [0.717, 1.165) is 5.75 Å². The molecule has 1 aliphatic rings. The first kappa shape index (κ1) is 9.49. The highest BCUT2D eigenvalue weighted by atomic mass is 16.6. The van der Waals surface area contributed by atoms with E-state index in [1.165, 1.54) is 11.1 Å². The van der Waals surface area contributed by atoms with Gasteiger partial charge in [-0.1, -0.05) is 6.07 Å². The van der Waals surface area contributed by atoms with Gasteiger partial charge < -0.3 is 15.2 Å². The molecule has 0 saturated carbocycles. The summed E-state index contributed by atoms with van der Waals surface area (Å²) in [5.74, 6) is 0.910. The van der Waals surface area contributed by atoms with Gasteiger partial charge in [0.2, 0.25) is 0 Å². The lowest BCUT2D eigenvalue weighted by atomic mass is 10.1. The van der Waals surface area contributed by atoms with Gasteiger partial charge in [0.25, 0.3) is 0 Å². The predicted octanol–water partition coefficient (Wildman–Crippen LogP) is 1.23. The topological polar surface area (TPSA) is 44.5 Å². The van der Waals surface area contributed by atoms with Gasteiger partial charge in [0.1, 0.15) is 11.9 Å². The molecule has 0 atom stereocenters. The van der Waals surface area contributed by atoms with Gasteiger partial charge in [0.05, 0.1) is 13.2 Å². The summed E-state index contributed by atoms with van der Waals surface area (Å²) in [4.78, 5) is 0. The fourth-order valence-electron chi connectivity index (χ4n) is 1.45. The van der Waals surface area contributed by atoms with E-state index in [9.17, 15) is 0 Å². The largest absolute Gasteiger partial charge is 0.486 e. The molecule has 3 nitrogen and oxygen atoms in total. The van der Waals surface area contributed by atoms with Gasteiger partial charge in [0, 0.05) is 6.54 Å². The Morgan fingerprint density at radius 1 is 1.50 bits per heavy atom. The summed E-state index contributed by atoms with van der Waals surface area (Å²) in [6.07, 6.45) is 0.234. The zero-order chi connectivity index (χ0) is 9.97. The van der Waals surface area contributed by atoms with Crippen molar-refractivity contribution in [2.75, 3.05) is 13.2 Å². The smallest absolute Gasteiger partial charge is 0.145 e. The van der Waals surface area contributed by atoms with E-state index in [4.69, 9.17) is 15.2 Å². The van der Waals surface area contributed by atoms with E-state index in [-0.39, 0.29) is 6.10 Å². The highest BCUT2D eigenvalue weighted by Crippen LogP contribution is 2.19. The third-order valence-electron chi connectivity index (χ3n) is 2.44. The summed E-state index contributed by atoms with van der Waals surface area (Å²) >= 11 is 0. The van der Waals surface area contributed by atoms with Gasteiger partial charge in [-0.05, 0) is 30.2 Å². The number of hydrogen-bond acceptors (Lipinski definition) is 3.